The average Bonchev–Trinajstić information content (AvgIpc) is 2.30. The molecule has 0 saturated heterocycles. The molecule has 0 atom stereocenters. The van der Waals surface area contributed by atoms with Gasteiger partial charge in [0, 0.05) is 0 Å². The Morgan fingerprint density at radius 2 is 1.11 bits per heavy atom. The molecule has 0 aromatic rings. The van der Waals surface area contributed by atoms with Gasteiger partial charge in [-0.15, -0.1) is 0 Å². The molecular weight excluding hydrogens is 224 g/mol. The zero-order chi connectivity index (χ0) is 13.4. The molecule has 0 N–H and O–H groups in total. The summed E-state index contributed by atoms with van der Waals surface area (Å²) in [4.78, 5) is 0. The van der Waals surface area contributed by atoms with Gasteiger partial charge in [0.05, 0.1) is 25.4 Å². The molecule has 18 heavy (non-hydrogen) atoms. The van der Waals surface area contributed by atoms with Crippen LogP contribution in [0.5, 0.6) is 0 Å². The lowest BCUT2D eigenvalue weighted by Gasteiger charge is -2.28. The maximum atomic E-state index is 5.84. The molecular formula is C16H28O2. The van der Waals surface area contributed by atoms with E-state index in [0.717, 1.165) is 38.9 Å². The predicted molar refractivity (Wildman–Crippen MR) is 76.8 cm³/mol. The van der Waals surface area contributed by atoms with E-state index >= 15 is 0 Å². The largest absolute Gasteiger partial charge is 0.374 e. The number of rotatable bonds is 6. The van der Waals surface area contributed by atoms with Crippen molar-refractivity contribution in [3.05, 3.63) is 23.3 Å². The van der Waals surface area contributed by atoms with Crippen molar-refractivity contribution in [2.45, 2.75) is 65.6 Å². The van der Waals surface area contributed by atoms with E-state index in [1.54, 1.807) is 0 Å². The van der Waals surface area contributed by atoms with Gasteiger partial charge in [-0.25, -0.2) is 0 Å². The topological polar surface area (TPSA) is 18.5 Å². The Bertz CT molecular complexity index is 245. The second-order valence-corrected chi connectivity index (χ2v) is 5.63. The molecule has 2 nitrogen and oxygen atoms in total. The monoisotopic (exact) mass is 252 g/mol. The second kappa shape index (κ2) is 8.49. The Hall–Kier alpha value is -0.600. The summed E-state index contributed by atoms with van der Waals surface area (Å²) < 4.78 is 11.7. The van der Waals surface area contributed by atoms with Gasteiger partial charge in [-0.3, -0.25) is 0 Å². The van der Waals surface area contributed by atoms with Crippen molar-refractivity contribution in [2.24, 2.45) is 0 Å². The highest BCUT2D eigenvalue weighted by Crippen LogP contribution is 2.23. The van der Waals surface area contributed by atoms with E-state index in [0.29, 0.717) is 12.2 Å². The van der Waals surface area contributed by atoms with Crippen molar-refractivity contribution < 1.29 is 9.47 Å². The SMILES string of the molecule is CC(C)=CCOC1CCC(OCC=C(C)C)CC1. The third-order valence-corrected chi connectivity index (χ3v) is 3.27. The Morgan fingerprint density at radius 3 is 1.39 bits per heavy atom. The maximum Gasteiger partial charge on any atom is 0.0653 e. The van der Waals surface area contributed by atoms with Gasteiger partial charge in [-0.05, 0) is 53.4 Å². The van der Waals surface area contributed by atoms with E-state index in [-0.39, 0.29) is 0 Å². The predicted octanol–water partition coefficient (Wildman–Crippen LogP) is 4.26. The first-order valence-corrected chi connectivity index (χ1v) is 7.08. The summed E-state index contributed by atoms with van der Waals surface area (Å²) in [5.41, 5.74) is 2.66. The Morgan fingerprint density at radius 1 is 0.778 bits per heavy atom. The van der Waals surface area contributed by atoms with Crippen LogP contribution in [0, 0.1) is 0 Å². The summed E-state index contributed by atoms with van der Waals surface area (Å²) in [5.74, 6) is 0. The molecule has 0 bridgehead atoms. The quantitative estimate of drug-likeness (QED) is 0.657. The first kappa shape index (κ1) is 15.5. The lowest BCUT2D eigenvalue weighted by Crippen LogP contribution is -2.26. The molecule has 1 aliphatic rings. The molecule has 0 aromatic carbocycles. The molecule has 0 aromatic heterocycles. The standard InChI is InChI=1S/C16H28O2/c1-13(2)9-11-17-15-5-7-16(8-6-15)18-12-10-14(3)4/h9-10,15-16H,5-8,11-12H2,1-4H3. The Labute approximate surface area is 112 Å². The van der Waals surface area contributed by atoms with Crippen molar-refractivity contribution in [2.75, 3.05) is 13.2 Å². The first-order valence-electron chi connectivity index (χ1n) is 7.08. The van der Waals surface area contributed by atoms with Crippen LogP contribution in [0.4, 0.5) is 0 Å². The van der Waals surface area contributed by atoms with Crippen LogP contribution >= 0.6 is 0 Å². The van der Waals surface area contributed by atoms with Gasteiger partial charge in [-0.1, -0.05) is 23.3 Å². The van der Waals surface area contributed by atoms with Gasteiger partial charge in [-0.2, -0.15) is 0 Å². The van der Waals surface area contributed by atoms with E-state index in [4.69, 9.17) is 9.47 Å². The molecule has 0 radical (unpaired) electrons. The maximum absolute atomic E-state index is 5.84. The first-order chi connectivity index (χ1) is 8.58. The summed E-state index contributed by atoms with van der Waals surface area (Å²) in [6.07, 6.45) is 9.71. The normalized spacial score (nSPS) is 23.6. The molecule has 1 rings (SSSR count). The van der Waals surface area contributed by atoms with Crippen LogP contribution in [-0.4, -0.2) is 25.4 Å². The van der Waals surface area contributed by atoms with E-state index in [9.17, 15) is 0 Å². The number of allylic oxidation sites excluding steroid dienone is 2. The van der Waals surface area contributed by atoms with Crippen LogP contribution in [0.25, 0.3) is 0 Å². The van der Waals surface area contributed by atoms with Crippen molar-refractivity contribution in [3.8, 4) is 0 Å². The van der Waals surface area contributed by atoms with Crippen LogP contribution in [0.3, 0.4) is 0 Å². The molecule has 0 amide bonds. The van der Waals surface area contributed by atoms with E-state index in [1.807, 2.05) is 0 Å². The second-order valence-electron chi connectivity index (χ2n) is 5.63. The van der Waals surface area contributed by atoms with Crippen molar-refractivity contribution in [1.82, 2.24) is 0 Å². The van der Waals surface area contributed by atoms with Crippen molar-refractivity contribution in [1.29, 1.82) is 0 Å². The summed E-state index contributed by atoms with van der Waals surface area (Å²) in [5, 5.41) is 0. The summed E-state index contributed by atoms with van der Waals surface area (Å²) in [7, 11) is 0. The third-order valence-electron chi connectivity index (χ3n) is 3.27. The fraction of sp³-hybridized carbons (Fsp3) is 0.750. The van der Waals surface area contributed by atoms with E-state index < -0.39 is 0 Å². The summed E-state index contributed by atoms with van der Waals surface area (Å²) >= 11 is 0. The fourth-order valence-corrected chi connectivity index (χ4v) is 2.07. The van der Waals surface area contributed by atoms with E-state index in [1.165, 1.54) is 11.1 Å². The Kier molecular flexibility index (Phi) is 7.29. The van der Waals surface area contributed by atoms with Gasteiger partial charge < -0.3 is 9.47 Å². The zero-order valence-electron chi connectivity index (χ0n) is 12.4. The zero-order valence-corrected chi connectivity index (χ0v) is 12.4. The van der Waals surface area contributed by atoms with Crippen LogP contribution < -0.4 is 0 Å². The molecule has 0 unspecified atom stereocenters. The van der Waals surface area contributed by atoms with Crippen LogP contribution in [-0.2, 0) is 9.47 Å². The molecule has 1 fully saturated rings. The molecule has 1 saturated carbocycles. The minimum Gasteiger partial charge on any atom is -0.374 e. The van der Waals surface area contributed by atoms with Gasteiger partial charge in [0.15, 0.2) is 0 Å². The smallest absolute Gasteiger partial charge is 0.0653 e. The fourth-order valence-electron chi connectivity index (χ4n) is 2.07. The lowest BCUT2D eigenvalue weighted by atomic mass is 9.95. The van der Waals surface area contributed by atoms with Gasteiger partial charge in [0.25, 0.3) is 0 Å². The van der Waals surface area contributed by atoms with E-state index in [2.05, 4.69) is 39.8 Å². The minimum absolute atomic E-state index is 0.434. The molecule has 1 aliphatic carbocycles. The lowest BCUT2D eigenvalue weighted by molar-refractivity contribution is -0.0165. The van der Waals surface area contributed by atoms with Gasteiger partial charge in [0.2, 0.25) is 0 Å². The highest BCUT2D eigenvalue weighted by Gasteiger charge is 2.21. The molecule has 0 aliphatic heterocycles. The molecule has 0 heterocycles. The van der Waals surface area contributed by atoms with Crippen LogP contribution in [0.1, 0.15) is 53.4 Å². The highest BCUT2D eigenvalue weighted by molar-refractivity contribution is 4.94. The highest BCUT2D eigenvalue weighted by atomic mass is 16.5. The Balaban J connectivity index is 2.13. The number of hydrogen-bond donors (Lipinski definition) is 0. The number of ether oxygens (including phenoxy) is 2. The molecule has 0 spiro atoms. The van der Waals surface area contributed by atoms with Crippen LogP contribution in [0.15, 0.2) is 23.3 Å². The molecule has 104 valence electrons. The summed E-state index contributed by atoms with van der Waals surface area (Å²) in [6, 6.07) is 0. The van der Waals surface area contributed by atoms with Crippen LogP contribution in [0.2, 0.25) is 0 Å². The minimum atomic E-state index is 0.434. The van der Waals surface area contributed by atoms with Gasteiger partial charge in [0.1, 0.15) is 0 Å². The average molecular weight is 252 g/mol. The number of hydrogen-bond acceptors (Lipinski definition) is 2. The third kappa shape index (κ3) is 6.97. The van der Waals surface area contributed by atoms with Crippen molar-refractivity contribution >= 4 is 0 Å². The van der Waals surface area contributed by atoms with Crippen molar-refractivity contribution in [3.63, 3.8) is 0 Å². The molecule has 2 heteroatoms. The summed E-state index contributed by atoms with van der Waals surface area (Å²) in [6.45, 7) is 9.95. The van der Waals surface area contributed by atoms with Gasteiger partial charge >= 0.3 is 0 Å².